The predicted octanol–water partition coefficient (Wildman–Crippen LogP) is 2.88. The van der Waals surface area contributed by atoms with Crippen LogP contribution in [-0.2, 0) is 10.2 Å². The maximum atomic E-state index is 5.97. The van der Waals surface area contributed by atoms with Gasteiger partial charge in [0.15, 0.2) is 0 Å². The van der Waals surface area contributed by atoms with Crippen molar-refractivity contribution in [3.8, 4) is 0 Å². The van der Waals surface area contributed by atoms with Crippen LogP contribution in [0.1, 0.15) is 33.5 Å². The fourth-order valence-electron chi connectivity index (χ4n) is 1.24. The lowest BCUT2D eigenvalue weighted by molar-refractivity contribution is 0.158. The molecule has 0 bridgehead atoms. The van der Waals surface area contributed by atoms with Crippen LogP contribution >= 0.6 is 11.6 Å². The Morgan fingerprint density at radius 2 is 2.06 bits per heavy atom. The van der Waals surface area contributed by atoms with Gasteiger partial charge < -0.3 is 10.1 Å². The summed E-state index contributed by atoms with van der Waals surface area (Å²) < 4.78 is 5.24. The summed E-state index contributed by atoms with van der Waals surface area (Å²) in [6.07, 6.45) is 0. The van der Waals surface area contributed by atoms with Gasteiger partial charge in [-0.15, -0.1) is 0 Å². The number of hydrogen-bond donors (Lipinski definition) is 1. The van der Waals surface area contributed by atoms with E-state index in [1.165, 1.54) is 0 Å². The molecule has 1 rings (SSSR count). The third-order valence-electron chi connectivity index (χ3n) is 2.12. The number of anilines is 1. The highest BCUT2D eigenvalue weighted by atomic mass is 35.5. The van der Waals surface area contributed by atoms with Crippen LogP contribution in [0, 0.1) is 0 Å². The summed E-state index contributed by atoms with van der Waals surface area (Å²) in [4.78, 5) is 8.67. The van der Waals surface area contributed by atoms with Crippen molar-refractivity contribution in [3.05, 3.63) is 17.0 Å². The van der Waals surface area contributed by atoms with Gasteiger partial charge >= 0.3 is 0 Å². The van der Waals surface area contributed by atoms with Crippen molar-refractivity contribution in [3.63, 3.8) is 0 Å². The first-order chi connectivity index (χ1) is 7.93. The first-order valence-electron chi connectivity index (χ1n) is 5.80. The highest BCUT2D eigenvalue weighted by molar-refractivity contribution is 6.29. The number of aromatic nitrogens is 2. The number of ether oxygens (including phenoxy) is 1. The molecular weight excluding hydrogens is 238 g/mol. The van der Waals surface area contributed by atoms with E-state index in [1.54, 1.807) is 6.07 Å². The summed E-state index contributed by atoms with van der Waals surface area (Å²) in [7, 11) is 0. The van der Waals surface area contributed by atoms with Gasteiger partial charge in [-0.1, -0.05) is 32.4 Å². The van der Waals surface area contributed by atoms with E-state index in [9.17, 15) is 0 Å². The second-order valence-corrected chi connectivity index (χ2v) is 5.16. The van der Waals surface area contributed by atoms with Gasteiger partial charge in [-0.2, -0.15) is 0 Å². The fraction of sp³-hybridized carbons (Fsp3) is 0.667. The average molecular weight is 258 g/mol. The summed E-state index contributed by atoms with van der Waals surface area (Å²) in [5.74, 6) is 1.48. The standard InChI is InChI=1S/C12H20ClN3O/c1-5-17-7-6-14-10-8-9(13)15-11(16-10)12(2,3)4/h8H,5-7H2,1-4H3,(H,14,15,16). The summed E-state index contributed by atoms with van der Waals surface area (Å²) in [5, 5.41) is 3.63. The summed E-state index contributed by atoms with van der Waals surface area (Å²) in [5.41, 5.74) is -0.110. The topological polar surface area (TPSA) is 47.0 Å². The quantitative estimate of drug-likeness (QED) is 0.651. The lowest BCUT2D eigenvalue weighted by Gasteiger charge is -2.17. The maximum Gasteiger partial charge on any atom is 0.137 e. The molecule has 0 unspecified atom stereocenters. The van der Waals surface area contributed by atoms with Gasteiger partial charge in [0.25, 0.3) is 0 Å². The number of hydrogen-bond acceptors (Lipinski definition) is 4. The third-order valence-corrected chi connectivity index (χ3v) is 2.32. The number of nitrogens with zero attached hydrogens (tertiary/aromatic N) is 2. The molecule has 0 amide bonds. The first kappa shape index (κ1) is 14.2. The Balaban J connectivity index is 2.69. The largest absolute Gasteiger partial charge is 0.380 e. The Labute approximate surface area is 108 Å². The monoisotopic (exact) mass is 257 g/mol. The first-order valence-corrected chi connectivity index (χ1v) is 6.18. The molecule has 0 saturated carbocycles. The summed E-state index contributed by atoms with van der Waals surface area (Å²) in [6, 6.07) is 1.72. The fourth-order valence-corrected chi connectivity index (χ4v) is 1.42. The second kappa shape index (κ2) is 6.17. The molecule has 0 radical (unpaired) electrons. The highest BCUT2D eigenvalue weighted by Gasteiger charge is 2.18. The van der Waals surface area contributed by atoms with Crippen LogP contribution < -0.4 is 5.32 Å². The zero-order valence-corrected chi connectivity index (χ0v) is 11.6. The number of halogens is 1. The van der Waals surface area contributed by atoms with E-state index in [0.29, 0.717) is 18.3 Å². The molecule has 1 aromatic heterocycles. The lowest BCUT2D eigenvalue weighted by Crippen LogP contribution is -2.18. The van der Waals surface area contributed by atoms with Crippen molar-refractivity contribution in [2.24, 2.45) is 0 Å². The normalized spacial score (nSPS) is 11.6. The Morgan fingerprint density at radius 1 is 1.35 bits per heavy atom. The van der Waals surface area contributed by atoms with Crippen LogP contribution in [0.4, 0.5) is 5.82 Å². The Morgan fingerprint density at radius 3 is 2.65 bits per heavy atom. The van der Waals surface area contributed by atoms with E-state index in [1.807, 2.05) is 6.92 Å². The molecule has 0 spiro atoms. The van der Waals surface area contributed by atoms with Crippen LogP contribution in [0.3, 0.4) is 0 Å². The average Bonchev–Trinajstić information content (AvgIpc) is 2.22. The van der Waals surface area contributed by atoms with Gasteiger partial charge in [-0.25, -0.2) is 9.97 Å². The van der Waals surface area contributed by atoms with E-state index in [2.05, 4.69) is 36.1 Å². The van der Waals surface area contributed by atoms with Crippen molar-refractivity contribution in [1.29, 1.82) is 0 Å². The Bertz CT molecular complexity index is 363. The van der Waals surface area contributed by atoms with Crippen molar-refractivity contribution in [2.75, 3.05) is 25.1 Å². The predicted molar refractivity (Wildman–Crippen MR) is 70.7 cm³/mol. The molecule has 17 heavy (non-hydrogen) atoms. The van der Waals surface area contributed by atoms with Crippen molar-refractivity contribution in [2.45, 2.75) is 33.1 Å². The molecule has 1 aromatic rings. The minimum absolute atomic E-state index is 0.110. The van der Waals surface area contributed by atoms with Crippen molar-refractivity contribution < 1.29 is 4.74 Å². The van der Waals surface area contributed by atoms with E-state index in [-0.39, 0.29) is 5.41 Å². The minimum atomic E-state index is -0.110. The van der Waals surface area contributed by atoms with Crippen LogP contribution in [0.25, 0.3) is 0 Å². The molecule has 0 aliphatic rings. The van der Waals surface area contributed by atoms with Gasteiger partial charge in [0.2, 0.25) is 0 Å². The lowest BCUT2D eigenvalue weighted by atomic mass is 9.96. The maximum absolute atomic E-state index is 5.97. The summed E-state index contributed by atoms with van der Waals surface area (Å²) >= 11 is 5.97. The molecular formula is C12H20ClN3O. The second-order valence-electron chi connectivity index (χ2n) is 4.77. The molecule has 1 heterocycles. The summed E-state index contributed by atoms with van der Waals surface area (Å²) in [6.45, 7) is 10.2. The van der Waals surface area contributed by atoms with Crippen LogP contribution in [0.5, 0.6) is 0 Å². The zero-order valence-electron chi connectivity index (χ0n) is 10.9. The smallest absolute Gasteiger partial charge is 0.137 e. The van der Waals surface area contributed by atoms with Crippen molar-refractivity contribution in [1.82, 2.24) is 9.97 Å². The molecule has 0 aromatic carbocycles. The van der Waals surface area contributed by atoms with E-state index >= 15 is 0 Å². The van der Waals surface area contributed by atoms with Gasteiger partial charge in [0.05, 0.1) is 6.61 Å². The Hall–Kier alpha value is -0.870. The van der Waals surface area contributed by atoms with Crippen LogP contribution in [-0.4, -0.2) is 29.7 Å². The number of nitrogens with one attached hydrogen (secondary N) is 1. The van der Waals surface area contributed by atoms with Crippen LogP contribution in [0.2, 0.25) is 5.15 Å². The van der Waals surface area contributed by atoms with Gasteiger partial charge in [0.1, 0.15) is 16.8 Å². The minimum Gasteiger partial charge on any atom is -0.380 e. The molecule has 0 atom stereocenters. The van der Waals surface area contributed by atoms with E-state index in [4.69, 9.17) is 16.3 Å². The van der Waals surface area contributed by atoms with Gasteiger partial charge in [-0.3, -0.25) is 0 Å². The van der Waals surface area contributed by atoms with E-state index in [0.717, 1.165) is 18.2 Å². The molecule has 1 N–H and O–H groups in total. The zero-order chi connectivity index (χ0) is 12.9. The van der Waals surface area contributed by atoms with Gasteiger partial charge in [-0.05, 0) is 6.92 Å². The van der Waals surface area contributed by atoms with E-state index < -0.39 is 0 Å². The SMILES string of the molecule is CCOCCNc1cc(Cl)nc(C(C)(C)C)n1. The highest BCUT2D eigenvalue weighted by Crippen LogP contribution is 2.21. The van der Waals surface area contributed by atoms with Crippen molar-refractivity contribution >= 4 is 17.4 Å². The molecule has 4 nitrogen and oxygen atoms in total. The number of rotatable bonds is 5. The molecule has 5 heteroatoms. The van der Waals surface area contributed by atoms with Crippen LogP contribution in [0.15, 0.2) is 6.07 Å². The molecule has 0 aliphatic carbocycles. The molecule has 0 aliphatic heterocycles. The molecule has 0 fully saturated rings. The third kappa shape index (κ3) is 4.88. The van der Waals surface area contributed by atoms with Gasteiger partial charge in [0, 0.05) is 24.6 Å². The molecule has 0 saturated heterocycles. The molecule has 96 valence electrons. The Kier molecular flexibility index (Phi) is 5.15.